The molecule has 0 saturated heterocycles. The van der Waals surface area contributed by atoms with Gasteiger partial charge in [-0.15, -0.1) is 0 Å². The van der Waals surface area contributed by atoms with Crippen molar-refractivity contribution in [1.82, 2.24) is 0 Å². The van der Waals surface area contributed by atoms with Gasteiger partial charge in [0.1, 0.15) is 0 Å². The van der Waals surface area contributed by atoms with E-state index in [1.54, 1.807) is 0 Å². The normalized spacial score (nSPS) is 10.3. The van der Waals surface area contributed by atoms with Crippen molar-refractivity contribution in [2.75, 3.05) is 13.2 Å². The van der Waals surface area contributed by atoms with Crippen molar-refractivity contribution in [3.05, 3.63) is 60.2 Å². The van der Waals surface area contributed by atoms with Gasteiger partial charge in [0.25, 0.3) is 0 Å². The van der Waals surface area contributed by atoms with Gasteiger partial charge in [0, 0.05) is 46.6 Å². The van der Waals surface area contributed by atoms with Gasteiger partial charge < -0.3 is 0 Å². The molecule has 2 heterocycles. The van der Waals surface area contributed by atoms with Gasteiger partial charge >= 0.3 is 0 Å². The summed E-state index contributed by atoms with van der Waals surface area (Å²) >= 11 is 0. The lowest BCUT2D eigenvalue weighted by Gasteiger charge is -2.02. The fourth-order valence-electron chi connectivity index (χ4n) is 2.10. The van der Waals surface area contributed by atoms with Gasteiger partial charge in [0.15, 0.2) is 13.2 Å². The molecule has 0 N–H and O–H groups in total. The molecule has 2 rings (SSSR count). The second kappa shape index (κ2) is 7.48. The van der Waals surface area contributed by atoms with E-state index in [0.29, 0.717) is 13.2 Å². The first-order chi connectivity index (χ1) is 9.85. The van der Waals surface area contributed by atoms with Crippen molar-refractivity contribution in [2.24, 2.45) is 0 Å². The largest absolute Gasteiger partial charge is 0.271 e. The number of aryl methyl sites for hydroxylation is 2. The quantitative estimate of drug-likeness (QED) is 0.703. The van der Waals surface area contributed by atoms with Crippen LogP contribution in [0.2, 0.25) is 0 Å². The van der Waals surface area contributed by atoms with Gasteiger partial charge in [-0.05, 0) is 26.0 Å². The lowest BCUT2D eigenvalue weighted by Crippen LogP contribution is -2.48. The van der Waals surface area contributed by atoms with Crippen molar-refractivity contribution in [3.63, 3.8) is 0 Å². The maximum Gasteiger partial charge on any atom is 0.234 e. The molecule has 20 heavy (non-hydrogen) atoms. The molecule has 2 aromatic heterocycles. The van der Waals surface area contributed by atoms with Gasteiger partial charge in [0.05, 0.1) is 0 Å². The molecule has 4 nitrogen and oxygen atoms in total. The van der Waals surface area contributed by atoms with Crippen LogP contribution in [-0.2, 0) is 12.8 Å². The van der Waals surface area contributed by atoms with E-state index in [9.17, 15) is 0 Å². The summed E-state index contributed by atoms with van der Waals surface area (Å²) in [6, 6.07) is 12.2. The van der Waals surface area contributed by atoms with E-state index in [4.69, 9.17) is 9.68 Å². The highest BCUT2D eigenvalue weighted by Gasteiger charge is 2.16. The Hall–Kier alpha value is -2.10. The molecular formula is C16H22N2O2+2. The Kier molecular flexibility index (Phi) is 5.35. The SMILES string of the molecule is CCO[n+]1ccccc1CCc1cccc[n+]1OCC. The summed E-state index contributed by atoms with van der Waals surface area (Å²) in [6.45, 7) is 5.30. The van der Waals surface area contributed by atoms with Crippen molar-refractivity contribution >= 4 is 0 Å². The van der Waals surface area contributed by atoms with Crippen molar-refractivity contribution in [3.8, 4) is 0 Å². The molecule has 2 aromatic rings. The molecule has 0 aliphatic heterocycles. The molecule has 0 atom stereocenters. The Balaban J connectivity index is 2.09. The van der Waals surface area contributed by atoms with Crippen LogP contribution in [0.25, 0.3) is 0 Å². The summed E-state index contributed by atoms with van der Waals surface area (Å²) < 4.78 is 3.68. The summed E-state index contributed by atoms with van der Waals surface area (Å²) in [7, 11) is 0. The number of rotatable bonds is 7. The lowest BCUT2D eigenvalue weighted by molar-refractivity contribution is -0.898. The van der Waals surface area contributed by atoms with Gasteiger partial charge in [-0.2, -0.15) is 0 Å². The number of hydrogen-bond donors (Lipinski definition) is 0. The van der Waals surface area contributed by atoms with Crippen LogP contribution in [0, 0.1) is 0 Å². The van der Waals surface area contributed by atoms with E-state index >= 15 is 0 Å². The van der Waals surface area contributed by atoms with Crippen LogP contribution in [-0.4, -0.2) is 13.2 Å². The Morgan fingerprint density at radius 3 is 1.60 bits per heavy atom. The van der Waals surface area contributed by atoms with Gasteiger partial charge in [0.2, 0.25) is 23.8 Å². The van der Waals surface area contributed by atoms with E-state index in [-0.39, 0.29) is 0 Å². The molecule has 0 aromatic carbocycles. The predicted molar refractivity (Wildman–Crippen MR) is 74.9 cm³/mol. The molecule has 106 valence electrons. The van der Waals surface area contributed by atoms with E-state index in [2.05, 4.69) is 12.1 Å². The highest BCUT2D eigenvalue weighted by Crippen LogP contribution is 2.00. The summed E-state index contributed by atoms with van der Waals surface area (Å²) in [6.07, 6.45) is 5.69. The number of hydrogen-bond acceptors (Lipinski definition) is 2. The number of pyridine rings is 2. The first-order valence-electron chi connectivity index (χ1n) is 7.10. The third-order valence-electron chi connectivity index (χ3n) is 2.98. The van der Waals surface area contributed by atoms with Crippen LogP contribution < -0.4 is 19.1 Å². The summed E-state index contributed by atoms with van der Waals surface area (Å²) in [5, 5.41) is 0. The fraction of sp³-hybridized carbons (Fsp3) is 0.375. The summed E-state index contributed by atoms with van der Waals surface area (Å²) in [5.41, 5.74) is 2.31. The van der Waals surface area contributed by atoms with Gasteiger partial charge in [-0.3, -0.25) is 9.68 Å². The van der Waals surface area contributed by atoms with Crippen LogP contribution >= 0.6 is 0 Å². The molecule has 0 aliphatic carbocycles. The molecule has 0 saturated carbocycles. The van der Waals surface area contributed by atoms with Crippen LogP contribution in [0.15, 0.2) is 48.8 Å². The molecule has 0 amide bonds. The Morgan fingerprint density at radius 1 is 0.750 bits per heavy atom. The minimum Gasteiger partial charge on any atom is -0.271 e. The third-order valence-corrected chi connectivity index (χ3v) is 2.98. The zero-order valence-corrected chi connectivity index (χ0v) is 12.2. The highest BCUT2D eigenvalue weighted by atomic mass is 16.7. The Morgan fingerprint density at radius 2 is 1.20 bits per heavy atom. The van der Waals surface area contributed by atoms with E-state index < -0.39 is 0 Å². The van der Waals surface area contributed by atoms with Crippen molar-refractivity contribution < 1.29 is 19.1 Å². The maximum absolute atomic E-state index is 5.58. The first kappa shape index (κ1) is 14.3. The second-order valence-electron chi connectivity index (χ2n) is 4.37. The minimum absolute atomic E-state index is 0.659. The Bertz CT molecular complexity index is 494. The van der Waals surface area contributed by atoms with Crippen LogP contribution in [0.4, 0.5) is 0 Å². The average Bonchev–Trinajstić information content (AvgIpc) is 2.48. The average molecular weight is 274 g/mol. The number of nitrogens with zero attached hydrogens (tertiary/aromatic N) is 2. The third kappa shape index (κ3) is 3.70. The molecule has 0 radical (unpaired) electrons. The molecule has 0 aliphatic rings. The maximum atomic E-state index is 5.58. The molecular weight excluding hydrogens is 252 g/mol. The smallest absolute Gasteiger partial charge is 0.234 e. The predicted octanol–water partition coefficient (Wildman–Crippen LogP) is 0.944. The molecule has 0 spiro atoms. The standard InChI is InChI=1S/C16H22N2O2/c1-3-19-17-13-7-5-9-15(17)11-12-16-10-6-8-14-18(16)20-4-2/h5-10,13-14H,3-4,11-12H2,1-2H3/q+2. The lowest BCUT2D eigenvalue weighted by atomic mass is 10.1. The topological polar surface area (TPSA) is 26.2 Å². The van der Waals surface area contributed by atoms with E-state index in [0.717, 1.165) is 24.2 Å². The first-order valence-corrected chi connectivity index (χ1v) is 7.10. The second-order valence-corrected chi connectivity index (χ2v) is 4.37. The van der Waals surface area contributed by atoms with Crippen LogP contribution in [0.3, 0.4) is 0 Å². The zero-order chi connectivity index (χ0) is 14.2. The van der Waals surface area contributed by atoms with Crippen molar-refractivity contribution in [2.45, 2.75) is 26.7 Å². The summed E-state index contributed by atoms with van der Waals surface area (Å²) in [4.78, 5) is 11.2. The monoisotopic (exact) mass is 274 g/mol. The fourth-order valence-corrected chi connectivity index (χ4v) is 2.10. The minimum atomic E-state index is 0.659. The van der Waals surface area contributed by atoms with Gasteiger partial charge in [-0.25, -0.2) is 0 Å². The van der Waals surface area contributed by atoms with Crippen LogP contribution in [0.1, 0.15) is 25.2 Å². The molecule has 0 bridgehead atoms. The molecule has 4 heteroatoms. The van der Waals surface area contributed by atoms with Gasteiger partial charge in [-0.1, -0.05) is 0 Å². The molecule has 0 fully saturated rings. The van der Waals surface area contributed by atoms with E-state index in [1.165, 1.54) is 0 Å². The highest BCUT2D eigenvalue weighted by molar-refractivity contribution is 5.02. The Labute approximate surface area is 120 Å². The zero-order valence-electron chi connectivity index (χ0n) is 12.2. The van der Waals surface area contributed by atoms with E-state index in [1.807, 2.05) is 60.0 Å². The number of aromatic nitrogens is 2. The van der Waals surface area contributed by atoms with Crippen LogP contribution in [0.5, 0.6) is 0 Å². The van der Waals surface area contributed by atoms with Crippen molar-refractivity contribution in [1.29, 1.82) is 0 Å². The molecule has 0 unspecified atom stereocenters. The summed E-state index contributed by atoms with van der Waals surface area (Å²) in [5.74, 6) is 0.